The van der Waals surface area contributed by atoms with E-state index >= 15 is 0 Å². The molecule has 1 aromatic heterocycles. The van der Waals surface area contributed by atoms with Crippen LogP contribution in [0.25, 0.3) is 0 Å². The van der Waals surface area contributed by atoms with Gasteiger partial charge in [0.2, 0.25) is 5.88 Å². The molecule has 1 heterocycles. The van der Waals surface area contributed by atoms with Gasteiger partial charge in [-0.1, -0.05) is 12.1 Å². The molecule has 7 nitrogen and oxygen atoms in total. The molecule has 0 saturated heterocycles. The highest BCUT2D eigenvalue weighted by atomic mass is 16.5. The number of para-hydroxylation sites is 1. The van der Waals surface area contributed by atoms with Crippen LogP contribution in [0.15, 0.2) is 36.7 Å². The number of aromatic nitrogens is 2. The van der Waals surface area contributed by atoms with Crippen LogP contribution in [0, 0.1) is 0 Å². The van der Waals surface area contributed by atoms with E-state index in [4.69, 9.17) is 16.3 Å². The molecule has 0 radical (unpaired) electrons. The van der Waals surface area contributed by atoms with Crippen molar-refractivity contribution in [3.05, 3.63) is 42.2 Å². The van der Waals surface area contributed by atoms with E-state index in [1.165, 1.54) is 12.4 Å². The Morgan fingerprint density at radius 2 is 2.06 bits per heavy atom. The number of hydrogen-bond acceptors (Lipinski definition) is 6. The Morgan fingerprint density at radius 1 is 1.28 bits per heavy atom. The van der Waals surface area contributed by atoms with Gasteiger partial charge in [-0.15, -0.1) is 0 Å². The van der Waals surface area contributed by atoms with Crippen LogP contribution in [-0.4, -0.2) is 15.9 Å². The number of primary amides is 1. The number of carbonyl (C=O) groups is 1. The van der Waals surface area contributed by atoms with Crippen LogP contribution in [0.3, 0.4) is 0 Å². The molecule has 0 aliphatic carbocycles. The quantitative estimate of drug-likeness (QED) is 0.538. The second kappa shape index (κ2) is 5.11. The van der Waals surface area contributed by atoms with Crippen molar-refractivity contribution in [2.24, 2.45) is 11.6 Å². The number of anilines is 1. The normalized spacial score (nSPS) is 9.83. The number of nitrogens with one attached hydrogen (secondary N) is 1. The summed E-state index contributed by atoms with van der Waals surface area (Å²) in [5.41, 5.74) is 7.85. The van der Waals surface area contributed by atoms with Crippen LogP contribution >= 0.6 is 0 Å². The summed E-state index contributed by atoms with van der Waals surface area (Å²) in [6.07, 6.45) is 2.84. The highest BCUT2D eigenvalue weighted by molar-refractivity contribution is 5.95. The molecule has 2 rings (SSSR count). The zero-order valence-corrected chi connectivity index (χ0v) is 9.33. The number of benzene rings is 1. The molecule has 0 aliphatic heterocycles. The summed E-state index contributed by atoms with van der Waals surface area (Å²) in [6.45, 7) is 0. The number of hydrazine groups is 1. The van der Waals surface area contributed by atoms with E-state index in [-0.39, 0.29) is 11.4 Å². The predicted octanol–water partition coefficient (Wildman–Crippen LogP) is 0.653. The van der Waals surface area contributed by atoms with Crippen molar-refractivity contribution < 1.29 is 9.53 Å². The van der Waals surface area contributed by atoms with E-state index in [2.05, 4.69) is 15.4 Å². The van der Waals surface area contributed by atoms with Crippen molar-refractivity contribution in [2.45, 2.75) is 0 Å². The minimum Gasteiger partial charge on any atom is -0.437 e. The molecule has 0 aliphatic rings. The summed E-state index contributed by atoms with van der Waals surface area (Å²) in [4.78, 5) is 19.1. The smallest absolute Gasteiger partial charge is 0.252 e. The molecular weight excluding hydrogens is 234 g/mol. The second-order valence-electron chi connectivity index (χ2n) is 3.35. The third-order valence-corrected chi connectivity index (χ3v) is 2.13. The van der Waals surface area contributed by atoms with Crippen LogP contribution in [0.4, 0.5) is 5.82 Å². The van der Waals surface area contributed by atoms with Crippen molar-refractivity contribution in [1.82, 2.24) is 9.97 Å². The fraction of sp³-hybridized carbons (Fsp3) is 0. The number of nitrogens with zero attached hydrogens (tertiary/aromatic N) is 2. The summed E-state index contributed by atoms with van der Waals surface area (Å²) in [6, 6.07) is 6.59. The maximum absolute atomic E-state index is 11.2. The lowest BCUT2D eigenvalue weighted by Gasteiger charge is -2.08. The van der Waals surface area contributed by atoms with Crippen LogP contribution in [0.1, 0.15) is 10.4 Å². The first kappa shape index (κ1) is 11.8. The van der Waals surface area contributed by atoms with Crippen LogP contribution in [0.5, 0.6) is 11.6 Å². The van der Waals surface area contributed by atoms with Gasteiger partial charge < -0.3 is 15.9 Å². The summed E-state index contributed by atoms with van der Waals surface area (Å²) in [5.74, 6) is 5.50. The van der Waals surface area contributed by atoms with Gasteiger partial charge in [-0.25, -0.2) is 5.84 Å². The summed E-state index contributed by atoms with van der Waals surface area (Å²) >= 11 is 0. The van der Waals surface area contributed by atoms with E-state index in [0.717, 1.165) is 0 Å². The van der Waals surface area contributed by atoms with Gasteiger partial charge in [0.15, 0.2) is 5.82 Å². The summed E-state index contributed by atoms with van der Waals surface area (Å²) in [7, 11) is 0. The Bertz CT molecular complexity index is 573. The average Bonchev–Trinajstić information content (AvgIpc) is 2.39. The molecule has 0 atom stereocenters. The van der Waals surface area contributed by atoms with Crippen LogP contribution in [-0.2, 0) is 0 Å². The van der Waals surface area contributed by atoms with E-state index < -0.39 is 5.91 Å². The maximum atomic E-state index is 11.2. The molecule has 0 fully saturated rings. The summed E-state index contributed by atoms with van der Waals surface area (Å²) in [5, 5.41) is 0. The van der Waals surface area contributed by atoms with Gasteiger partial charge in [-0.3, -0.25) is 9.78 Å². The summed E-state index contributed by atoms with van der Waals surface area (Å²) < 4.78 is 5.44. The number of ether oxygens (including phenoxy) is 1. The van der Waals surface area contributed by atoms with Gasteiger partial charge in [0.25, 0.3) is 5.91 Å². The largest absolute Gasteiger partial charge is 0.437 e. The van der Waals surface area contributed by atoms with Gasteiger partial charge >= 0.3 is 0 Å². The highest BCUT2D eigenvalue weighted by Crippen LogP contribution is 2.23. The molecule has 5 N–H and O–H groups in total. The molecule has 92 valence electrons. The number of hydrogen-bond donors (Lipinski definition) is 3. The fourth-order valence-electron chi connectivity index (χ4n) is 1.34. The molecule has 1 aromatic carbocycles. The van der Waals surface area contributed by atoms with Gasteiger partial charge in [0.1, 0.15) is 5.75 Å². The van der Waals surface area contributed by atoms with Gasteiger partial charge in [-0.05, 0) is 12.1 Å². The third-order valence-electron chi connectivity index (χ3n) is 2.13. The number of nitrogens with two attached hydrogens (primary N) is 2. The fourth-order valence-corrected chi connectivity index (χ4v) is 1.34. The molecule has 1 amide bonds. The molecule has 7 heteroatoms. The Hall–Kier alpha value is -2.67. The van der Waals surface area contributed by atoms with Gasteiger partial charge in [0.05, 0.1) is 18.0 Å². The zero-order valence-electron chi connectivity index (χ0n) is 9.33. The zero-order chi connectivity index (χ0) is 13.0. The molecule has 0 spiro atoms. The average molecular weight is 245 g/mol. The van der Waals surface area contributed by atoms with Crippen molar-refractivity contribution in [1.29, 1.82) is 0 Å². The standard InChI is InChI=1S/C11H11N5O2/c12-11(17)7-3-1-2-4-8(7)18-10-6-14-5-9(15-10)16-13/h1-6H,13H2,(H2,12,17)(H,15,16). The Balaban J connectivity index is 2.31. The molecule has 0 unspecified atom stereocenters. The first-order valence-electron chi connectivity index (χ1n) is 5.06. The lowest BCUT2D eigenvalue weighted by Crippen LogP contribution is -2.12. The number of carbonyl (C=O) groups excluding carboxylic acids is 1. The Morgan fingerprint density at radius 3 is 2.78 bits per heavy atom. The number of rotatable bonds is 4. The maximum Gasteiger partial charge on any atom is 0.252 e. The lowest BCUT2D eigenvalue weighted by molar-refractivity contribution is 0.0998. The first-order chi connectivity index (χ1) is 8.70. The minimum atomic E-state index is -0.577. The minimum absolute atomic E-state index is 0.208. The number of amides is 1. The molecule has 2 aromatic rings. The second-order valence-corrected chi connectivity index (χ2v) is 3.35. The monoisotopic (exact) mass is 245 g/mol. The van der Waals surface area contributed by atoms with Crippen LogP contribution in [0.2, 0.25) is 0 Å². The van der Waals surface area contributed by atoms with Crippen molar-refractivity contribution in [3.8, 4) is 11.6 Å². The molecule has 0 bridgehead atoms. The van der Waals surface area contributed by atoms with Crippen molar-refractivity contribution in [2.75, 3.05) is 5.43 Å². The lowest BCUT2D eigenvalue weighted by atomic mass is 10.2. The van der Waals surface area contributed by atoms with E-state index in [1.54, 1.807) is 24.3 Å². The number of nitrogen functional groups attached to an aromatic ring is 1. The molecular formula is C11H11N5O2. The van der Waals surface area contributed by atoms with E-state index in [9.17, 15) is 4.79 Å². The van der Waals surface area contributed by atoms with Crippen molar-refractivity contribution >= 4 is 11.7 Å². The molecule has 18 heavy (non-hydrogen) atoms. The Labute approximate surface area is 103 Å². The predicted molar refractivity (Wildman–Crippen MR) is 64.9 cm³/mol. The first-order valence-corrected chi connectivity index (χ1v) is 5.06. The topological polar surface area (TPSA) is 116 Å². The van der Waals surface area contributed by atoms with E-state index in [1.807, 2.05) is 0 Å². The van der Waals surface area contributed by atoms with Crippen LogP contribution < -0.4 is 21.7 Å². The van der Waals surface area contributed by atoms with Gasteiger partial charge in [0, 0.05) is 0 Å². The van der Waals surface area contributed by atoms with E-state index in [0.29, 0.717) is 11.6 Å². The SMILES string of the molecule is NNc1cncc(Oc2ccccc2C(N)=O)n1. The Kier molecular flexibility index (Phi) is 3.35. The highest BCUT2D eigenvalue weighted by Gasteiger charge is 2.10. The van der Waals surface area contributed by atoms with Crippen molar-refractivity contribution in [3.63, 3.8) is 0 Å². The molecule has 0 saturated carbocycles. The van der Waals surface area contributed by atoms with Gasteiger partial charge in [-0.2, -0.15) is 4.98 Å². The third kappa shape index (κ3) is 2.53.